The number of halogens is 1. The molecule has 3 N–H and O–H groups in total. The Hall–Kier alpha value is -0.950. The fourth-order valence-corrected chi connectivity index (χ4v) is 2.35. The Balaban J connectivity index is 1.89. The van der Waals surface area contributed by atoms with Gasteiger partial charge >= 0.3 is 0 Å². The standard InChI is InChI=1S/C13H17BrN2O3/c1-8-4-9(2-3-10(8)14)15-13(19)7-16-5-11(17)12(18)6-16/h2-4,11-12,17-18H,5-7H2,1H3,(H,15,19)/t11-,12+. The summed E-state index contributed by atoms with van der Waals surface area (Å²) < 4.78 is 0.997. The van der Waals surface area contributed by atoms with E-state index < -0.39 is 12.2 Å². The van der Waals surface area contributed by atoms with Crippen molar-refractivity contribution in [3.8, 4) is 0 Å². The van der Waals surface area contributed by atoms with Crippen LogP contribution in [0.5, 0.6) is 0 Å². The zero-order valence-electron chi connectivity index (χ0n) is 10.6. The largest absolute Gasteiger partial charge is 0.389 e. The van der Waals surface area contributed by atoms with E-state index in [9.17, 15) is 15.0 Å². The van der Waals surface area contributed by atoms with Gasteiger partial charge in [0.15, 0.2) is 0 Å². The second-order valence-electron chi connectivity index (χ2n) is 4.84. The lowest BCUT2D eigenvalue weighted by Gasteiger charge is -2.14. The van der Waals surface area contributed by atoms with E-state index in [2.05, 4.69) is 21.2 Å². The number of hydrogen-bond donors (Lipinski definition) is 3. The molecule has 6 heteroatoms. The molecule has 1 saturated heterocycles. The van der Waals surface area contributed by atoms with Crippen molar-refractivity contribution in [2.24, 2.45) is 0 Å². The maximum Gasteiger partial charge on any atom is 0.238 e. The zero-order chi connectivity index (χ0) is 14.0. The quantitative estimate of drug-likeness (QED) is 0.765. The Bertz CT molecular complexity index is 471. The maximum absolute atomic E-state index is 11.9. The molecule has 0 aliphatic carbocycles. The van der Waals surface area contributed by atoms with Crippen LogP contribution in [-0.4, -0.2) is 52.9 Å². The van der Waals surface area contributed by atoms with Crippen LogP contribution < -0.4 is 5.32 Å². The van der Waals surface area contributed by atoms with Crippen molar-refractivity contribution in [3.05, 3.63) is 28.2 Å². The van der Waals surface area contributed by atoms with Crippen LogP contribution in [0.25, 0.3) is 0 Å². The van der Waals surface area contributed by atoms with E-state index in [1.165, 1.54) is 0 Å². The number of nitrogens with zero attached hydrogens (tertiary/aromatic N) is 1. The second kappa shape index (κ2) is 6.00. The van der Waals surface area contributed by atoms with Crippen molar-refractivity contribution in [2.45, 2.75) is 19.1 Å². The number of carbonyl (C=O) groups excluding carboxylic acids is 1. The van der Waals surface area contributed by atoms with Crippen LogP contribution in [-0.2, 0) is 4.79 Å². The van der Waals surface area contributed by atoms with E-state index in [0.29, 0.717) is 13.1 Å². The topological polar surface area (TPSA) is 72.8 Å². The Morgan fingerprint density at radius 2 is 2.05 bits per heavy atom. The van der Waals surface area contributed by atoms with Gasteiger partial charge in [-0.1, -0.05) is 15.9 Å². The lowest BCUT2D eigenvalue weighted by molar-refractivity contribution is -0.117. The molecule has 0 spiro atoms. The predicted octanol–water partition coefficient (Wildman–Crippen LogP) is 0.733. The van der Waals surface area contributed by atoms with Crippen LogP contribution in [0.1, 0.15) is 5.56 Å². The smallest absolute Gasteiger partial charge is 0.238 e. The van der Waals surface area contributed by atoms with Crippen LogP contribution in [0, 0.1) is 6.92 Å². The molecule has 0 saturated carbocycles. The van der Waals surface area contributed by atoms with E-state index in [4.69, 9.17) is 0 Å². The lowest BCUT2D eigenvalue weighted by Crippen LogP contribution is -2.32. The van der Waals surface area contributed by atoms with Gasteiger partial charge in [-0.2, -0.15) is 0 Å². The number of aliphatic hydroxyl groups excluding tert-OH is 2. The van der Waals surface area contributed by atoms with E-state index in [1.807, 2.05) is 25.1 Å². The first-order chi connectivity index (χ1) is 8.95. The molecule has 0 unspecified atom stereocenters. The van der Waals surface area contributed by atoms with Gasteiger partial charge in [-0.25, -0.2) is 0 Å². The molecule has 1 aromatic rings. The van der Waals surface area contributed by atoms with Crippen LogP contribution in [0.4, 0.5) is 5.69 Å². The predicted molar refractivity (Wildman–Crippen MR) is 76.0 cm³/mol. The van der Waals surface area contributed by atoms with Gasteiger partial charge in [0.05, 0.1) is 18.8 Å². The van der Waals surface area contributed by atoms with Gasteiger partial charge in [0.1, 0.15) is 0 Å². The zero-order valence-corrected chi connectivity index (χ0v) is 12.2. The SMILES string of the molecule is Cc1cc(NC(=O)CN2C[C@@H](O)[C@@H](O)C2)ccc1Br. The molecule has 1 aliphatic rings. The molecule has 5 nitrogen and oxygen atoms in total. The number of aryl methyl sites for hydroxylation is 1. The number of nitrogens with one attached hydrogen (secondary N) is 1. The first-order valence-electron chi connectivity index (χ1n) is 6.10. The van der Waals surface area contributed by atoms with E-state index in [1.54, 1.807) is 4.90 Å². The van der Waals surface area contributed by atoms with Gasteiger partial charge in [-0.05, 0) is 30.7 Å². The Morgan fingerprint density at radius 1 is 1.42 bits per heavy atom. The average Bonchev–Trinajstić information content (AvgIpc) is 2.63. The van der Waals surface area contributed by atoms with Crippen LogP contribution in [0.2, 0.25) is 0 Å². The molecule has 1 aliphatic heterocycles. The maximum atomic E-state index is 11.9. The minimum absolute atomic E-state index is 0.150. The van der Waals surface area contributed by atoms with Crippen molar-refractivity contribution >= 4 is 27.5 Å². The molecule has 19 heavy (non-hydrogen) atoms. The van der Waals surface area contributed by atoms with Gasteiger partial charge in [0.25, 0.3) is 0 Å². The normalized spacial score (nSPS) is 23.6. The summed E-state index contributed by atoms with van der Waals surface area (Å²) in [6, 6.07) is 5.59. The Morgan fingerprint density at radius 3 is 2.63 bits per heavy atom. The number of rotatable bonds is 3. The molecule has 0 radical (unpaired) electrons. The molecule has 2 atom stereocenters. The first kappa shape index (κ1) is 14.5. The number of β-amino-alcohol motifs (C(OH)–C–C–N with tert-alkyl or cyclic N) is 2. The van der Waals surface area contributed by atoms with Crippen LogP contribution in [0.3, 0.4) is 0 Å². The number of carbonyl (C=O) groups is 1. The van der Waals surface area contributed by atoms with Crippen molar-refractivity contribution in [1.29, 1.82) is 0 Å². The summed E-state index contributed by atoms with van der Waals surface area (Å²) in [5.74, 6) is -0.150. The summed E-state index contributed by atoms with van der Waals surface area (Å²) in [7, 11) is 0. The van der Waals surface area contributed by atoms with Gasteiger partial charge in [-0.15, -0.1) is 0 Å². The second-order valence-corrected chi connectivity index (χ2v) is 5.70. The van der Waals surface area contributed by atoms with Gasteiger partial charge in [0, 0.05) is 23.2 Å². The van der Waals surface area contributed by atoms with Crippen molar-refractivity contribution in [2.75, 3.05) is 25.0 Å². The number of benzene rings is 1. The van der Waals surface area contributed by atoms with E-state index in [0.717, 1.165) is 15.7 Å². The molecular weight excluding hydrogens is 312 g/mol. The monoisotopic (exact) mass is 328 g/mol. The fourth-order valence-electron chi connectivity index (χ4n) is 2.10. The summed E-state index contributed by atoms with van der Waals surface area (Å²) in [5, 5.41) is 21.6. The fraction of sp³-hybridized carbons (Fsp3) is 0.462. The third-order valence-corrected chi connectivity index (χ3v) is 4.03. The Kier molecular flexibility index (Phi) is 4.57. The minimum Gasteiger partial charge on any atom is -0.389 e. The van der Waals surface area contributed by atoms with Crippen LogP contribution >= 0.6 is 15.9 Å². The van der Waals surface area contributed by atoms with Crippen molar-refractivity contribution in [1.82, 2.24) is 4.90 Å². The molecule has 1 heterocycles. The van der Waals surface area contributed by atoms with Crippen LogP contribution in [0.15, 0.2) is 22.7 Å². The summed E-state index contributed by atoms with van der Waals surface area (Å²) in [6.07, 6.45) is -1.52. The molecule has 0 aromatic heterocycles. The highest BCUT2D eigenvalue weighted by atomic mass is 79.9. The summed E-state index contributed by atoms with van der Waals surface area (Å²) in [4.78, 5) is 13.6. The molecule has 0 bridgehead atoms. The third kappa shape index (κ3) is 3.76. The molecule has 1 amide bonds. The average molecular weight is 329 g/mol. The minimum atomic E-state index is -0.761. The number of aliphatic hydroxyl groups is 2. The highest BCUT2D eigenvalue weighted by Crippen LogP contribution is 2.20. The van der Waals surface area contributed by atoms with Crippen molar-refractivity contribution in [3.63, 3.8) is 0 Å². The summed E-state index contributed by atoms with van der Waals surface area (Å²) in [6.45, 7) is 2.78. The summed E-state index contributed by atoms with van der Waals surface area (Å²) in [5.41, 5.74) is 1.79. The van der Waals surface area contributed by atoms with Gasteiger partial charge in [0.2, 0.25) is 5.91 Å². The highest BCUT2D eigenvalue weighted by molar-refractivity contribution is 9.10. The van der Waals surface area contributed by atoms with Gasteiger partial charge in [-0.3, -0.25) is 9.69 Å². The number of likely N-dealkylation sites (tertiary alicyclic amines) is 1. The Labute approximate surface area is 120 Å². The van der Waals surface area contributed by atoms with Gasteiger partial charge < -0.3 is 15.5 Å². The molecule has 1 aromatic carbocycles. The number of amides is 1. The van der Waals surface area contributed by atoms with E-state index in [-0.39, 0.29) is 12.5 Å². The number of hydrogen-bond acceptors (Lipinski definition) is 4. The highest BCUT2D eigenvalue weighted by Gasteiger charge is 2.30. The first-order valence-corrected chi connectivity index (χ1v) is 6.89. The molecular formula is C13H17BrN2O3. The summed E-state index contributed by atoms with van der Waals surface area (Å²) >= 11 is 3.40. The molecule has 1 fully saturated rings. The van der Waals surface area contributed by atoms with Crippen molar-refractivity contribution < 1.29 is 15.0 Å². The van der Waals surface area contributed by atoms with E-state index >= 15 is 0 Å². The molecule has 104 valence electrons. The third-order valence-electron chi connectivity index (χ3n) is 3.14. The lowest BCUT2D eigenvalue weighted by atomic mass is 10.2. The number of anilines is 1. The molecule has 2 rings (SSSR count).